The quantitative estimate of drug-likeness (QED) is 0.374. The van der Waals surface area contributed by atoms with Crippen molar-refractivity contribution in [3.05, 3.63) is 69.1 Å². The van der Waals surface area contributed by atoms with Crippen LogP contribution in [-0.4, -0.2) is 9.55 Å². The van der Waals surface area contributed by atoms with Crippen LogP contribution >= 0.6 is 34.4 Å². The summed E-state index contributed by atoms with van der Waals surface area (Å²) in [6.45, 7) is 0. The number of thioether (sulfide) groups is 1. The molecule has 0 N–H and O–H groups in total. The Labute approximate surface area is 151 Å². The van der Waals surface area contributed by atoms with Gasteiger partial charge >= 0.3 is 0 Å². The summed E-state index contributed by atoms with van der Waals surface area (Å²) < 4.78 is 1.67. The van der Waals surface area contributed by atoms with E-state index >= 15 is 0 Å². The minimum Gasteiger partial charge on any atom is -0.290 e. The van der Waals surface area contributed by atoms with Gasteiger partial charge in [0, 0.05) is 28.6 Å². The van der Waals surface area contributed by atoms with E-state index in [4.69, 9.17) is 4.98 Å². The topological polar surface area (TPSA) is 34.9 Å². The maximum absolute atomic E-state index is 12.9. The Morgan fingerprint density at radius 1 is 1.12 bits per heavy atom. The molecule has 24 heavy (non-hydrogen) atoms. The van der Waals surface area contributed by atoms with E-state index in [1.807, 2.05) is 41.1 Å². The highest BCUT2D eigenvalue weighted by atomic mass is 32.2. The van der Waals surface area contributed by atoms with E-state index < -0.39 is 0 Å². The lowest BCUT2D eigenvalue weighted by Crippen LogP contribution is -2.19. The number of nitrogens with zero attached hydrogens (tertiary/aromatic N) is 2. The number of benzene rings is 1. The standard InChI is InChI=1S/C18H14N2OS3/c1-20-17(21)15-13(14-8-5-9-22-14)11-23-16(15)19-18(20)24-10-12-6-3-2-4-7-12/h2-9,11H,10H2,1H3. The van der Waals surface area contributed by atoms with E-state index in [1.165, 1.54) is 16.9 Å². The lowest BCUT2D eigenvalue weighted by Gasteiger charge is -2.07. The van der Waals surface area contributed by atoms with Gasteiger partial charge in [0.2, 0.25) is 0 Å². The van der Waals surface area contributed by atoms with Gasteiger partial charge in [-0.2, -0.15) is 0 Å². The van der Waals surface area contributed by atoms with Crippen molar-refractivity contribution in [1.82, 2.24) is 9.55 Å². The van der Waals surface area contributed by atoms with E-state index in [1.54, 1.807) is 34.7 Å². The van der Waals surface area contributed by atoms with Gasteiger partial charge in [0.25, 0.3) is 5.56 Å². The minimum absolute atomic E-state index is 0.0280. The molecule has 0 aliphatic rings. The summed E-state index contributed by atoms with van der Waals surface area (Å²) in [5, 5.41) is 5.56. The molecule has 0 aliphatic carbocycles. The molecule has 0 amide bonds. The molecule has 0 unspecified atom stereocenters. The summed E-state index contributed by atoms with van der Waals surface area (Å²) in [6, 6.07) is 14.3. The average Bonchev–Trinajstić information content (AvgIpc) is 3.27. The van der Waals surface area contributed by atoms with Gasteiger partial charge in [-0.05, 0) is 17.0 Å². The molecule has 0 aliphatic heterocycles. The Bertz CT molecular complexity index is 1030. The second-order valence-electron chi connectivity index (χ2n) is 5.34. The number of fused-ring (bicyclic) bond motifs is 1. The maximum atomic E-state index is 12.9. The predicted molar refractivity (Wildman–Crippen MR) is 104 cm³/mol. The summed E-state index contributed by atoms with van der Waals surface area (Å²) in [7, 11) is 1.80. The summed E-state index contributed by atoms with van der Waals surface area (Å²) in [4.78, 5) is 19.5. The summed E-state index contributed by atoms with van der Waals surface area (Å²) >= 11 is 4.78. The van der Waals surface area contributed by atoms with E-state index in [2.05, 4.69) is 12.1 Å². The van der Waals surface area contributed by atoms with Crippen LogP contribution in [0.4, 0.5) is 0 Å². The van der Waals surface area contributed by atoms with Crippen molar-refractivity contribution < 1.29 is 0 Å². The molecule has 3 aromatic heterocycles. The first kappa shape index (κ1) is 15.6. The third-order valence-electron chi connectivity index (χ3n) is 3.77. The van der Waals surface area contributed by atoms with Crippen LogP contribution in [0.5, 0.6) is 0 Å². The van der Waals surface area contributed by atoms with Gasteiger partial charge in [0.1, 0.15) is 4.83 Å². The second-order valence-corrected chi connectivity index (χ2v) is 8.09. The highest BCUT2D eigenvalue weighted by molar-refractivity contribution is 7.98. The number of hydrogen-bond acceptors (Lipinski definition) is 5. The number of hydrogen-bond donors (Lipinski definition) is 0. The SMILES string of the molecule is Cn1c(SCc2ccccc2)nc2scc(-c3cccs3)c2c1=O. The lowest BCUT2D eigenvalue weighted by atomic mass is 10.2. The van der Waals surface area contributed by atoms with Gasteiger partial charge in [0.05, 0.1) is 5.39 Å². The molecule has 0 spiro atoms. The van der Waals surface area contributed by atoms with Gasteiger partial charge in [0.15, 0.2) is 5.16 Å². The van der Waals surface area contributed by atoms with Crippen LogP contribution < -0.4 is 5.56 Å². The molecule has 3 heterocycles. The van der Waals surface area contributed by atoms with Crippen LogP contribution in [0.25, 0.3) is 20.7 Å². The first-order chi connectivity index (χ1) is 11.7. The fourth-order valence-corrected chi connectivity index (χ4v) is 5.25. The molecule has 0 saturated heterocycles. The van der Waals surface area contributed by atoms with Gasteiger partial charge in [-0.15, -0.1) is 22.7 Å². The molecule has 0 saturated carbocycles. The van der Waals surface area contributed by atoms with E-state index in [0.717, 1.165) is 31.6 Å². The van der Waals surface area contributed by atoms with Crippen LogP contribution in [0.1, 0.15) is 5.56 Å². The number of rotatable bonds is 4. The van der Waals surface area contributed by atoms with Gasteiger partial charge < -0.3 is 0 Å². The molecular weight excluding hydrogens is 356 g/mol. The first-order valence-corrected chi connectivity index (χ1v) is 10.2. The molecule has 3 nitrogen and oxygen atoms in total. The zero-order valence-electron chi connectivity index (χ0n) is 12.9. The Kier molecular flexibility index (Phi) is 4.26. The van der Waals surface area contributed by atoms with Crippen molar-refractivity contribution in [2.24, 2.45) is 7.05 Å². The predicted octanol–water partition coefficient (Wildman–Crippen LogP) is 5.02. The van der Waals surface area contributed by atoms with Gasteiger partial charge in [-0.1, -0.05) is 48.2 Å². The molecular formula is C18H14N2OS3. The molecule has 0 fully saturated rings. The second kappa shape index (κ2) is 6.55. The smallest absolute Gasteiger partial charge is 0.263 e. The Morgan fingerprint density at radius 2 is 1.96 bits per heavy atom. The zero-order chi connectivity index (χ0) is 16.5. The fourth-order valence-electron chi connectivity index (χ4n) is 2.52. The molecule has 0 bridgehead atoms. The zero-order valence-corrected chi connectivity index (χ0v) is 15.4. The largest absolute Gasteiger partial charge is 0.290 e. The van der Waals surface area contributed by atoms with Crippen LogP contribution in [0, 0.1) is 0 Å². The Balaban J connectivity index is 1.74. The van der Waals surface area contributed by atoms with E-state index in [9.17, 15) is 4.79 Å². The van der Waals surface area contributed by atoms with Gasteiger partial charge in [-0.25, -0.2) is 4.98 Å². The number of aromatic nitrogens is 2. The van der Waals surface area contributed by atoms with Gasteiger partial charge in [-0.3, -0.25) is 9.36 Å². The highest BCUT2D eigenvalue weighted by Gasteiger charge is 2.16. The van der Waals surface area contributed by atoms with Crippen LogP contribution in [0.2, 0.25) is 0 Å². The van der Waals surface area contributed by atoms with Crippen molar-refractivity contribution in [2.45, 2.75) is 10.9 Å². The van der Waals surface area contributed by atoms with Crippen molar-refractivity contribution in [3.8, 4) is 10.4 Å². The third-order valence-corrected chi connectivity index (χ3v) is 6.65. The summed E-state index contributed by atoms with van der Waals surface area (Å²) in [5.74, 6) is 0.801. The molecule has 0 atom stereocenters. The minimum atomic E-state index is 0.0280. The molecule has 4 aromatic rings. The molecule has 120 valence electrons. The third kappa shape index (κ3) is 2.81. The average molecular weight is 371 g/mol. The van der Waals surface area contributed by atoms with E-state index in [0.29, 0.717) is 0 Å². The molecule has 1 aromatic carbocycles. The lowest BCUT2D eigenvalue weighted by molar-refractivity contribution is 0.728. The van der Waals surface area contributed by atoms with Crippen molar-refractivity contribution in [2.75, 3.05) is 0 Å². The van der Waals surface area contributed by atoms with Crippen molar-refractivity contribution in [1.29, 1.82) is 0 Å². The normalized spacial score (nSPS) is 11.2. The van der Waals surface area contributed by atoms with Crippen molar-refractivity contribution in [3.63, 3.8) is 0 Å². The van der Waals surface area contributed by atoms with Crippen molar-refractivity contribution >= 4 is 44.7 Å². The van der Waals surface area contributed by atoms with E-state index in [-0.39, 0.29) is 5.56 Å². The molecule has 6 heteroatoms. The van der Waals surface area contributed by atoms with Crippen LogP contribution in [0.3, 0.4) is 0 Å². The summed E-state index contributed by atoms with van der Waals surface area (Å²) in [6.07, 6.45) is 0. The summed E-state index contributed by atoms with van der Waals surface area (Å²) in [5.41, 5.74) is 2.25. The monoisotopic (exact) mass is 370 g/mol. The maximum Gasteiger partial charge on any atom is 0.263 e. The Hall–Kier alpha value is -1.89. The van der Waals surface area contributed by atoms with Crippen LogP contribution in [0.15, 0.2) is 63.2 Å². The van der Waals surface area contributed by atoms with Crippen LogP contribution in [-0.2, 0) is 12.8 Å². The highest BCUT2D eigenvalue weighted by Crippen LogP contribution is 2.34. The molecule has 0 radical (unpaired) electrons. The fraction of sp³-hybridized carbons (Fsp3) is 0.111. The molecule has 4 rings (SSSR count). The Morgan fingerprint density at radius 3 is 2.71 bits per heavy atom. The first-order valence-electron chi connectivity index (χ1n) is 7.43. The number of thiophene rings is 2.